The maximum absolute atomic E-state index is 13.2. The highest BCUT2D eigenvalue weighted by molar-refractivity contribution is 9.10. The molecule has 0 aromatic heterocycles. The Morgan fingerprint density at radius 1 is 1.14 bits per heavy atom. The van der Waals surface area contributed by atoms with Gasteiger partial charge in [0.2, 0.25) is 10.0 Å². The van der Waals surface area contributed by atoms with E-state index in [2.05, 4.69) is 42.0 Å². The molecule has 202 valence electrons. The van der Waals surface area contributed by atoms with Gasteiger partial charge in [0.15, 0.2) is 0 Å². The van der Waals surface area contributed by atoms with Gasteiger partial charge in [-0.15, -0.1) is 0 Å². The van der Waals surface area contributed by atoms with Crippen molar-refractivity contribution in [2.75, 3.05) is 20.1 Å². The molecule has 1 aromatic carbocycles. The second-order valence-corrected chi connectivity index (χ2v) is 12.2. The van der Waals surface area contributed by atoms with Crippen molar-refractivity contribution in [1.82, 2.24) is 9.62 Å². The molecule has 0 bridgehead atoms. The summed E-state index contributed by atoms with van der Waals surface area (Å²) in [5.41, 5.74) is 1.36. The van der Waals surface area contributed by atoms with Crippen molar-refractivity contribution >= 4 is 31.9 Å². The van der Waals surface area contributed by atoms with Crippen molar-refractivity contribution in [2.45, 2.75) is 78.0 Å². The van der Waals surface area contributed by atoms with Gasteiger partial charge in [-0.25, -0.2) is 8.42 Å². The minimum absolute atomic E-state index is 0.106. The fourth-order valence-corrected chi connectivity index (χ4v) is 6.33. The molecule has 2 aliphatic carbocycles. The number of rotatable bonds is 7. The first-order chi connectivity index (χ1) is 17.2. The molecular weight excluding hydrogens is 536 g/mol. The molecule has 2 aliphatic rings. The van der Waals surface area contributed by atoms with E-state index in [1.54, 1.807) is 19.2 Å². The molecular formula is C29H45BrN2O3S. The summed E-state index contributed by atoms with van der Waals surface area (Å²) in [7, 11) is -2.19. The molecule has 0 heterocycles. The third kappa shape index (κ3) is 10.3. The molecule has 36 heavy (non-hydrogen) atoms. The third-order valence-electron chi connectivity index (χ3n) is 5.97. The Kier molecular flexibility index (Phi) is 15.2. The molecule has 0 aliphatic heterocycles. The summed E-state index contributed by atoms with van der Waals surface area (Å²) in [6.07, 6.45) is 16.4. The molecule has 2 atom stereocenters. The lowest BCUT2D eigenvalue weighted by atomic mass is 9.82. The van der Waals surface area contributed by atoms with Crippen LogP contribution < -0.4 is 5.32 Å². The lowest BCUT2D eigenvalue weighted by Crippen LogP contribution is -2.32. The fourth-order valence-electron chi connectivity index (χ4n) is 4.20. The number of carbonyl (C=O) groups excluding carboxylic acids is 1. The van der Waals surface area contributed by atoms with Crippen LogP contribution in [0.25, 0.3) is 0 Å². The number of nitrogens with one attached hydrogen (secondary N) is 1. The Hall–Kier alpha value is -1.70. The summed E-state index contributed by atoms with van der Waals surface area (Å²) in [6.45, 7) is 11.4. The van der Waals surface area contributed by atoms with E-state index in [0.29, 0.717) is 41.4 Å². The van der Waals surface area contributed by atoms with Crippen molar-refractivity contribution in [3.63, 3.8) is 0 Å². The average molecular weight is 582 g/mol. The number of allylic oxidation sites excluding steroid dienone is 5. The Bertz CT molecular complexity index is 1020. The minimum atomic E-state index is -3.76. The zero-order valence-electron chi connectivity index (χ0n) is 22.9. The van der Waals surface area contributed by atoms with Gasteiger partial charge in [-0.1, -0.05) is 89.8 Å². The molecule has 1 saturated carbocycles. The maximum Gasteiger partial charge on any atom is 0.251 e. The van der Waals surface area contributed by atoms with Crippen molar-refractivity contribution in [3.05, 3.63) is 64.2 Å². The van der Waals surface area contributed by atoms with Crippen LogP contribution >= 0.6 is 15.9 Å². The number of hydrogen-bond acceptors (Lipinski definition) is 3. The molecule has 0 radical (unpaired) electrons. The van der Waals surface area contributed by atoms with E-state index in [9.17, 15) is 13.2 Å². The Morgan fingerprint density at radius 2 is 1.83 bits per heavy atom. The second kappa shape index (κ2) is 16.9. The molecule has 1 fully saturated rings. The van der Waals surface area contributed by atoms with Gasteiger partial charge in [-0.2, -0.15) is 4.31 Å². The lowest BCUT2D eigenvalue weighted by molar-refractivity contribution is 0.0940. The highest BCUT2D eigenvalue weighted by Crippen LogP contribution is 2.29. The number of amides is 1. The molecule has 3 rings (SSSR count). The molecule has 0 unspecified atom stereocenters. The van der Waals surface area contributed by atoms with Crippen molar-refractivity contribution in [2.24, 2.45) is 11.8 Å². The molecule has 5 nitrogen and oxygen atoms in total. The Balaban J connectivity index is 0.00000120. The van der Waals surface area contributed by atoms with Crippen LogP contribution in [0.2, 0.25) is 0 Å². The topological polar surface area (TPSA) is 66.5 Å². The summed E-state index contributed by atoms with van der Waals surface area (Å²) >= 11 is 3.36. The van der Waals surface area contributed by atoms with E-state index in [4.69, 9.17) is 0 Å². The average Bonchev–Trinajstić information content (AvgIpc) is 3.13. The third-order valence-corrected chi connectivity index (χ3v) is 8.77. The number of hydrogen-bond donors (Lipinski definition) is 1. The minimum Gasteiger partial charge on any atom is -0.352 e. The van der Waals surface area contributed by atoms with Gasteiger partial charge in [0.05, 0.1) is 4.90 Å². The van der Waals surface area contributed by atoms with E-state index < -0.39 is 10.0 Å². The van der Waals surface area contributed by atoms with Crippen LogP contribution in [0.5, 0.6) is 0 Å². The predicted molar refractivity (Wildman–Crippen MR) is 156 cm³/mol. The van der Waals surface area contributed by atoms with Crippen LogP contribution in [0.3, 0.4) is 0 Å². The van der Waals surface area contributed by atoms with Gasteiger partial charge < -0.3 is 5.32 Å². The SMILES string of the molecule is CC.CCC.C[C@@H]1CCC[C@H](CNC(=O)c2ccc(Br)c(S(=O)(=O)N(C)CC3=CC=CC=CC3)c2)C1. The molecule has 7 heteroatoms. The highest BCUT2D eigenvalue weighted by atomic mass is 79.9. The van der Waals surface area contributed by atoms with Crippen molar-refractivity contribution < 1.29 is 13.2 Å². The first-order valence-electron chi connectivity index (χ1n) is 13.2. The monoisotopic (exact) mass is 580 g/mol. The number of halogens is 1. The van der Waals surface area contributed by atoms with E-state index >= 15 is 0 Å². The highest BCUT2D eigenvalue weighted by Gasteiger charge is 2.26. The zero-order valence-corrected chi connectivity index (χ0v) is 25.3. The summed E-state index contributed by atoms with van der Waals surface area (Å²) in [5.74, 6) is 0.963. The smallest absolute Gasteiger partial charge is 0.251 e. The van der Waals surface area contributed by atoms with Crippen LogP contribution in [0.1, 0.15) is 83.5 Å². The molecule has 1 amide bonds. The van der Waals surface area contributed by atoms with Crippen LogP contribution in [0, 0.1) is 11.8 Å². The van der Waals surface area contributed by atoms with Gasteiger partial charge in [-0.05, 0) is 65.2 Å². The van der Waals surface area contributed by atoms with Gasteiger partial charge >= 0.3 is 0 Å². The van der Waals surface area contributed by atoms with E-state index in [1.807, 2.05) is 44.2 Å². The van der Waals surface area contributed by atoms with Gasteiger partial charge in [0, 0.05) is 30.2 Å². The standard InChI is InChI=1S/C24H31BrN2O3S.C3H8.C2H6/c1-18-8-7-11-20(14-18)16-26-24(28)21-12-13-22(25)23(15-21)31(29,30)27(2)17-19-9-5-3-4-6-10-19;1-3-2;1-2/h3-6,9,12-13,15,18,20H,7-8,10-11,14,16-17H2,1-2H3,(H,26,28);3H2,1-2H3;1-2H3/t18-,20+;;/m1../s1. The zero-order chi connectivity index (χ0) is 27.1. The van der Waals surface area contributed by atoms with Crippen LogP contribution in [0.4, 0.5) is 0 Å². The van der Waals surface area contributed by atoms with Crippen LogP contribution in [-0.2, 0) is 10.0 Å². The summed E-state index contributed by atoms with van der Waals surface area (Å²) in [5, 5.41) is 3.00. The quantitative estimate of drug-likeness (QED) is 0.362. The largest absolute Gasteiger partial charge is 0.352 e. The van der Waals surface area contributed by atoms with Gasteiger partial charge in [-0.3, -0.25) is 4.79 Å². The van der Waals surface area contributed by atoms with Crippen LogP contribution in [0.15, 0.2) is 63.5 Å². The van der Waals surface area contributed by atoms with Crippen molar-refractivity contribution in [1.29, 1.82) is 0 Å². The molecule has 0 spiro atoms. The second-order valence-electron chi connectivity index (χ2n) is 9.30. The Labute approximate surface area is 228 Å². The lowest BCUT2D eigenvalue weighted by Gasteiger charge is -2.26. The normalized spacial score (nSPS) is 19.3. The van der Waals surface area contributed by atoms with Gasteiger partial charge in [0.1, 0.15) is 0 Å². The fraction of sp³-hybridized carbons (Fsp3) is 0.552. The number of benzene rings is 1. The summed E-state index contributed by atoms with van der Waals surface area (Å²) < 4.78 is 28.2. The van der Waals surface area contributed by atoms with E-state index in [1.165, 1.54) is 29.6 Å². The first kappa shape index (κ1) is 32.3. The van der Waals surface area contributed by atoms with E-state index in [-0.39, 0.29) is 10.8 Å². The number of sulfonamides is 1. The first-order valence-corrected chi connectivity index (χ1v) is 15.5. The number of carbonyl (C=O) groups is 1. The predicted octanol–water partition coefficient (Wildman–Crippen LogP) is 7.51. The molecule has 0 saturated heterocycles. The van der Waals surface area contributed by atoms with E-state index in [0.717, 1.165) is 18.4 Å². The van der Waals surface area contributed by atoms with Crippen molar-refractivity contribution in [3.8, 4) is 0 Å². The Morgan fingerprint density at radius 3 is 2.50 bits per heavy atom. The molecule has 1 N–H and O–H groups in total. The maximum atomic E-state index is 13.2. The summed E-state index contributed by atoms with van der Waals surface area (Å²) in [6, 6.07) is 4.76. The summed E-state index contributed by atoms with van der Waals surface area (Å²) in [4.78, 5) is 12.8. The van der Waals surface area contributed by atoms with Crippen LogP contribution in [-0.4, -0.2) is 38.8 Å². The molecule has 1 aromatic rings. The van der Waals surface area contributed by atoms with Gasteiger partial charge in [0.25, 0.3) is 5.91 Å². The number of nitrogens with zero attached hydrogens (tertiary/aromatic N) is 1. The number of likely N-dealkylation sites (N-methyl/N-ethyl adjacent to an activating group) is 1.